The van der Waals surface area contributed by atoms with Crippen LogP contribution in [0.5, 0.6) is 5.75 Å². The smallest absolute Gasteiger partial charge is 0.127 e. The van der Waals surface area contributed by atoms with Gasteiger partial charge in [0.15, 0.2) is 0 Å². The zero-order valence-corrected chi connectivity index (χ0v) is 20.7. The van der Waals surface area contributed by atoms with Gasteiger partial charge in [-0.15, -0.1) is 0 Å². The fraction of sp³-hybridized carbons (Fsp3) is 0.367. The van der Waals surface area contributed by atoms with Crippen LogP contribution in [0.25, 0.3) is 16.7 Å². The normalized spacial score (nSPS) is 16.3. The highest BCUT2D eigenvalue weighted by molar-refractivity contribution is 6.31. The van der Waals surface area contributed by atoms with Crippen LogP contribution in [0.15, 0.2) is 67.5 Å². The lowest BCUT2D eigenvalue weighted by molar-refractivity contribution is 0.304. The number of aromatic nitrogens is 1. The van der Waals surface area contributed by atoms with E-state index in [1.165, 1.54) is 28.7 Å². The summed E-state index contributed by atoms with van der Waals surface area (Å²) in [5.74, 6) is 0.967. The first-order valence-electron chi connectivity index (χ1n) is 12.5. The van der Waals surface area contributed by atoms with Crippen molar-refractivity contribution in [3.8, 4) is 16.9 Å². The van der Waals surface area contributed by atoms with Crippen LogP contribution in [0.1, 0.15) is 68.6 Å². The molecule has 1 N–H and O–H groups in total. The van der Waals surface area contributed by atoms with E-state index in [1.54, 1.807) is 0 Å². The minimum atomic E-state index is -0.0885. The van der Waals surface area contributed by atoms with Gasteiger partial charge in [-0.1, -0.05) is 55.8 Å². The quantitative estimate of drug-likeness (QED) is 0.307. The Morgan fingerprint density at radius 3 is 2.74 bits per heavy atom. The fourth-order valence-electron chi connectivity index (χ4n) is 4.56. The van der Waals surface area contributed by atoms with Gasteiger partial charge in [-0.05, 0) is 90.6 Å². The van der Waals surface area contributed by atoms with E-state index in [-0.39, 0.29) is 5.54 Å². The molecule has 176 valence electrons. The minimum absolute atomic E-state index is 0.0885. The number of para-hydroxylation sites is 1. The van der Waals surface area contributed by atoms with Crippen LogP contribution in [0.4, 0.5) is 0 Å². The molecule has 34 heavy (non-hydrogen) atoms. The monoisotopic (exact) mass is 472 g/mol. The number of benzene rings is 2. The number of nitrogens with zero attached hydrogens (tertiary/aromatic N) is 1. The van der Waals surface area contributed by atoms with Gasteiger partial charge in [-0.3, -0.25) is 4.98 Å². The molecular weight excluding hydrogens is 440 g/mol. The summed E-state index contributed by atoms with van der Waals surface area (Å²) in [7, 11) is 0. The second-order valence-electron chi connectivity index (χ2n) is 9.68. The molecule has 2 aliphatic carbocycles. The number of nitrogens with one attached hydrogen (secondary N) is 1. The molecule has 0 radical (unpaired) electrons. The van der Waals surface area contributed by atoms with Gasteiger partial charge < -0.3 is 10.1 Å². The van der Waals surface area contributed by atoms with Crippen molar-refractivity contribution in [3.05, 3.63) is 89.2 Å². The standard InChI is InChI=1S/C30H33ClN2O/c1-3-4-7-21(2)22-10-13-28(31)23(18-22)19-33-30(15-16-30)27-20-32-17-14-25(27)26-8-5-6-9-29(26)34-24-11-12-24/h5-6,8-10,13-14,17-18,20,24,33H,2-4,7,11-12,15-16,19H2,1H3. The average molecular weight is 473 g/mol. The first-order valence-corrected chi connectivity index (χ1v) is 12.9. The van der Waals surface area contributed by atoms with Crippen LogP contribution >= 0.6 is 11.6 Å². The maximum Gasteiger partial charge on any atom is 0.127 e. The number of ether oxygens (including phenoxy) is 1. The second kappa shape index (κ2) is 9.93. The number of unbranched alkanes of at least 4 members (excludes halogenated alkanes) is 1. The molecule has 2 fully saturated rings. The Morgan fingerprint density at radius 1 is 1.15 bits per heavy atom. The predicted octanol–water partition coefficient (Wildman–Crippen LogP) is 7.93. The van der Waals surface area contributed by atoms with Gasteiger partial charge in [-0.25, -0.2) is 0 Å². The molecule has 0 bridgehead atoms. The molecule has 0 amide bonds. The molecule has 0 atom stereocenters. The highest BCUT2D eigenvalue weighted by Crippen LogP contribution is 2.50. The Morgan fingerprint density at radius 2 is 1.97 bits per heavy atom. The number of allylic oxidation sites excluding steroid dienone is 1. The molecule has 0 unspecified atom stereocenters. The van der Waals surface area contributed by atoms with Gasteiger partial charge in [-0.2, -0.15) is 0 Å². The maximum absolute atomic E-state index is 6.60. The van der Waals surface area contributed by atoms with E-state index in [2.05, 4.69) is 66.3 Å². The van der Waals surface area contributed by atoms with Crippen molar-refractivity contribution in [1.29, 1.82) is 0 Å². The highest BCUT2D eigenvalue weighted by atomic mass is 35.5. The summed E-state index contributed by atoms with van der Waals surface area (Å²) in [6.45, 7) is 7.22. The zero-order chi connectivity index (χ0) is 23.5. The van der Waals surface area contributed by atoms with Gasteiger partial charge in [0.25, 0.3) is 0 Å². The van der Waals surface area contributed by atoms with E-state index in [9.17, 15) is 0 Å². The van der Waals surface area contributed by atoms with Gasteiger partial charge in [0.2, 0.25) is 0 Å². The molecule has 2 aromatic carbocycles. The summed E-state index contributed by atoms with van der Waals surface area (Å²) >= 11 is 6.60. The molecule has 3 nitrogen and oxygen atoms in total. The third-order valence-electron chi connectivity index (χ3n) is 6.99. The van der Waals surface area contributed by atoms with Crippen molar-refractivity contribution in [3.63, 3.8) is 0 Å². The van der Waals surface area contributed by atoms with E-state index < -0.39 is 0 Å². The van der Waals surface area contributed by atoms with Crippen LogP contribution in [-0.4, -0.2) is 11.1 Å². The van der Waals surface area contributed by atoms with Gasteiger partial charge in [0.05, 0.1) is 6.10 Å². The number of hydrogen-bond acceptors (Lipinski definition) is 3. The molecule has 0 saturated heterocycles. The molecule has 4 heteroatoms. The summed E-state index contributed by atoms with van der Waals surface area (Å²) < 4.78 is 6.24. The Bertz CT molecular complexity index is 1180. The lowest BCUT2D eigenvalue weighted by Gasteiger charge is -2.23. The SMILES string of the molecule is C=C(CCCC)c1ccc(Cl)c(CNC2(c3cnccc3-c3ccccc3OC3CC3)CC2)c1. The lowest BCUT2D eigenvalue weighted by Crippen LogP contribution is -2.29. The van der Waals surface area contributed by atoms with E-state index in [4.69, 9.17) is 16.3 Å². The average Bonchev–Trinajstić information content (AvgIpc) is 3.79. The Balaban J connectivity index is 1.38. The first kappa shape index (κ1) is 23.1. The van der Waals surface area contributed by atoms with Crippen molar-refractivity contribution in [2.24, 2.45) is 0 Å². The number of pyridine rings is 1. The van der Waals surface area contributed by atoms with E-state index in [0.29, 0.717) is 12.6 Å². The van der Waals surface area contributed by atoms with E-state index in [1.807, 2.05) is 18.5 Å². The van der Waals surface area contributed by atoms with Crippen LogP contribution < -0.4 is 10.1 Å². The van der Waals surface area contributed by atoms with Crippen molar-refractivity contribution in [2.75, 3.05) is 0 Å². The highest BCUT2D eigenvalue weighted by Gasteiger charge is 2.45. The van der Waals surface area contributed by atoms with Crippen LogP contribution in [-0.2, 0) is 12.1 Å². The maximum atomic E-state index is 6.60. The first-order chi connectivity index (χ1) is 16.6. The predicted molar refractivity (Wildman–Crippen MR) is 141 cm³/mol. The molecule has 1 aromatic heterocycles. The van der Waals surface area contributed by atoms with Crippen LogP contribution in [0.2, 0.25) is 5.02 Å². The number of hydrogen-bond donors (Lipinski definition) is 1. The minimum Gasteiger partial charge on any atom is -0.490 e. The summed E-state index contributed by atoms with van der Waals surface area (Å²) in [4.78, 5) is 4.50. The Labute approximate surface area is 208 Å². The molecular formula is C30H33ClN2O. The number of rotatable bonds is 11. The van der Waals surface area contributed by atoms with Crippen LogP contribution in [0.3, 0.4) is 0 Å². The topological polar surface area (TPSA) is 34.2 Å². The van der Waals surface area contributed by atoms with Gasteiger partial charge in [0, 0.05) is 35.1 Å². The third-order valence-corrected chi connectivity index (χ3v) is 7.35. The Kier molecular flexibility index (Phi) is 6.76. The number of halogens is 1. The molecule has 0 spiro atoms. The third kappa shape index (κ3) is 5.06. The van der Waals surface area contributed by atoms with Gasteiger partial charge >= 0.3 is 0 Å². The largest absolute Gasteiger partial charge is 0.490 e. The summed E-state index contributed by atoms with van der Waals surface area (Å²) in [5, 5.41) is 4.64. The van der Waals surface area contributed by atoms with Crippen molar-refractivity contribution in [2.45, 2.75) is 70.1 Å². The molecule has 5 rings (SSSR count). The fourth-order valence-corrected chi connectivity index (χ4v) is 4.75. The zero-order valence-electron chi connectivity index (χ0n) is 19.9. The Hall–Kier alpha value is -2.62. The second-order valence-corrected chi connectivity index (χ2v) is 10.1. The van der Waals surface area contributed by atoms with Crippen molar-refractivity contribution >= 4 is 17.2 Å². The molecule has 3 aromatic rings. The molecule has 2 saturated carbocycles. The summed E-state index contributed by atoms with van der Waals surface area (Å²) in [5.41, 5.74) is 6.98. The molecule has 0 aliphatic heterocycles. The molecule has 2 aliphatic rings. The van der Waals surface area contributed by atoms with Gasteiger partial charge in [0.1, 0.15) is 5.75 Å². The lowest BCUT2D eigenvalue weighted by atomic mass is 9.94. The molecule has 1 heterocycles. The van der Waals surface area contributed by atoms with E-state index >= 15 is 0 Å². The van der Waals surface area contributed by atoms with Crippen molar-refractivity contribution < 1.29 is 4.74 Å². The summed E-state index contributed by atoms with van der Waals surface area (Å²) in [6, 6.07) is 16.8. The van der Waals surface area contributed by atoms with Crippen molar-refractivity contribution in [1.82, 2.24) is 10.3 Å². The van der Waals surface area contributed by atoms with Crippen LogP contribution in [0, 0.1) is 0 Å². The van der Waals surface area contributed by atoms with E-state index in [0.717, 1.165) is 60.4 Å². The summed E-state index contributed by atoms with van der Waals surface area (Å²) in [6.07, 6.45) is 12.1.